The Bertz CT molecular complexity index is 765. The van der Waals surface area contributed by atoms with Gasteiger partial charge in [-0.2, -0.15) is 0 Å². The van der Waals surface area contributed by atoms with Crippen LogP contribution < -0.4 is 0 Å². The predicted octanol–water partition coefficient (Wildman–Crippen LogP) is 4.19. The third kappa shape index (κ3) is 3.93. The maximum absolute atomic E-state index is 13.0. The number of rotatable bonds is 7. The fourth-order valence-corrected chi connectivity index (χ4v) is 7.38. The van der Waals surface area contributed by atoms with Gasteiger partial charge in [-0.1, -0.05) is 0 Å². The van der Waals surface area contributed by atoms with Crippen molar-refractivity contribution in [1.82, 2.24) is 9.80 Å². The number of fused-ring (bicyclic) bond motifs is 5. The summed E-state index contributed by atoms with van der Waals surface area (Å²) < 4.78 is 13.0. The number of hydrogen-bond donors (Lipinski definition) is 0. The summed E-state index contributed by atoms with van der Waals surface area (Å²) >= 11 is 1.86. The normalized spacial score (nSPS) is 31.7. The third-order valence-corrected chi connectivity index (χ3v) is 9.12. The van der Waals surface area contributed by atoms with E-state index >= 15 is 0 Å². The quantitative estimate of drug-likeness (QED) is 0.480. The molecular formula is C24H31FN2O2S. The average molecular weight is 431 g/mol. The van der Waals surface area contributed by atoms with Gasteiger partial charge in [-0.25, -0.2) is 4.39 Å². The summed E-state index contributed by atoms with van der Waals surface area (Å²) in [5.74, 6) is 1.10. The lowest BCUT2D eigenvalue weighted by Crippen LogP contribution is -2.36. The van der Waals surface area contributed by atoms with Crippen LogP contribution in [0.4, 0.5) is 4.39 Å². The second-order valence-electron chi connectivity index (χ2n) is 9.53. The first-order valence-corrected chi connectivity index (χ1v) is 12.5. The van der Waals surface area contributed by atoms with Crippen LogP contribution in [0.25, 0.3) is 0 Å². The highest BCUT2D eigenvalue weighted by Crippen LogP contribution is 2.56. The van der Waals surface area contributed by atoms with Crippen molar-refractivity contribution in [2.24, 2.45) is 23.7 Å². The highest BCUT2D eigenvalue weighted by Gasteiger charge is 2.60. The van der Waals surface area contributed by atoms with Crippen molar-refractivity contribution in [2.45, 2.75) is 55.1 Å². The number of benzene rings is 1. The summed E-state index contributed by atoms with van der Waals surface area (Å²) in [6, 6.07) is 6.80. The first-order chi connectivity index (χ1) is 14.6. The van der Waals surface area contributed by atoms with Crippen LogP contribution in [-0.4, -0.2) is 53.0 Å². The van der Waals surface area contributed by atoms with Gasteiger partial charge in [0, 0.05) is 16.7 Å². The van der Waals surface area contributed by atoms with Gasteiger partial charge in [0.25, 0.3) is 0 Å². The van der Waals surface area contributed by atoms with E-state index in [1.54, 1.807) is 4.90 Å². The number of halogens is 1. The van der Waals surface area contributed by atoms with E-state index in [-0.39, 0.29) is 29.5 Å². The number of imide groups is 1. The van der Waals surface area contributed by atoms with Crippen LogP contribution in [0, 0.1) is 29.5 Å². The molecule has 4 aliphatic rings. The third-order valence-electron chi connectivity index (χ3n) is 7.78. The molecule has 0 radical (unpaired) electrons. The molecule has 4 nitrogen and oxygen atoms in total. The first-order valence-electron chi connectivity index (χ1n) is 11.6. The molecule has 2 bridgehead atoms. The van der Waals surface area contributed by atoms with E-state index < -0.39 is 0 Å². The Kier molecular flexibility index (Phi) is 5.89. The monoisotopic (exact) mass is 430 g/mol. The van der Waals surface area contributed by atoms with E-state index in [0.717, 1.165) is 69.5 Å². The molecule has 1 aromatic carbocycles. The summed E-state index contributed by atoms with van der Waals surface area (Å²) in [4.78, 5) is 30.8. The fraction of sp³-hybridized carbons (Fsp3) is 0.667. The lowest BCUT2D eigenvalue weighted by atomic mass is 9.81. The molecule has 6 heteroatoms. The molecule has 0 spiro atoms. The van der Waals surface area contributed by atoms with Crippen molar-refractivity contribution in [1.29, 1.82) is 0 Å². The van der Waals surface area contributed by atoms with Crippen molar-refractivity contribution in [3.8, 4) is 0 Å². The largest absolute Gasteiger partial charge is 0.303 e. The average Bonchev–Trinajstić information content (AvgIpc) is 3.43. The topological polar surface area (TPSA) is 40.6 Å². The minimum absolute atomic E-state index is 0.0221. The summed E-state index contributed by atoms with van der Waals surface area (Å²) in [6.45, 7) is 3.84. The molecule has 2 amide bonds. The number of hydrogen-bond acceptors (Lipinski definition) is 4. The van der Waals surface area contributed by atoms with Gasteiger partial charge in [0.1, 0.15) is 5.82 Å². The number of amides is 2. The molecule has 4 atom stereocenters. The first kappa shape index (κ1) is 20.5. The van der Waals surface area contributed by atoms with Crippen molar-refractivity contribution < 1.29 is 14.0 Å². The lowest BCUT2D eigenvalue weighted by molar-refractivity contribution is -0.140. The number of unbranched alkanes of at least 4 members (excludes halogenated alkanes) is 1. The van der Waals surface area contributed by atoms with Crippen molar-refractivity contribution in [2.75, 3.05) is 26.2 Å². The summed E-state index contributed by atoms with van der Waals surface area (Å²) in [5, 5.41) is 0.598. The number of likely N-dealkylation sites (tertiary alicyclic amines) is 2. The Morgan fingerprint density at radius 3 is 2.10 bits per heavy atom. The summed E-state index contributed by atoms with van der Waals surface area (Å²) in [5.41, 5.74) is 0. The number of nitrogens with zero attached hydrogens (tertiary/aromatic N) is 2. The van der Waals surface area contributed by atoms with Gasteiger partial charge in [-0.05, 0) is 101 Å². The molecule has 2 aliphatic carbocycles. The van der Waals surface area contributed by atoms with Gasteiger partial charge >= 0.3 is 0 Å². The number of carbonyl (C=O) groups excluding carboxylic acids is 2. The molecule has 2 heterocycles. The number of thioether (sulfide) groups is 1. The summed E-state index contributed by atoms with van der Waals surface area (Å²) in [7, 11) is 0. The minimum atomic E-state index is -0.179. The van der Waals surface area contributed by atoms with E-state index in [4.69, 9.17) is 0 Å². The number of carbonyl (C=O) groups is 2. The Labute approximate surface area is 182 Å². The highest BCUT2D eigenvalue weighted by molar-refractivity contribution is 8.00. The van der Waals surface area contributed by atoms with Crippen LogP contribution in [0.5, 0.6) is 0 Å². The maximum atomic E-state index is 13.0. The van der Waals surface area contributed by atoms with Crippen molar-refractivity contribution >= 4 is 23.6 Å². The van der Waals surface area contributed by atoms with E-state index in [0.29, 0.717) is 23.6 Å². The molecule has 30 heavy (non-hydrogen) atoms. The zero-order chi connectivity index (χ0) is 20.7. The van der Waals surface area contributed by atoms with Crippen molar-refractivity contribution in [3.05, 3.63) is 30.1 Å². The Hall–Kier alpha value is -1.40. The van der Waals surface area contributed by atoms with Gasteiger partial charge in [0.15, 0.2) is 0 Å². The smallest absolute Gasteiger partial charge is 0.233 e. The molecule has 1 aromatic rings. The molecule has 0 N–H and O–H groups in total. The highest BCUT2D eigenvalue weighted by atomic mass is 32.2. The van der Waals surface area contributed by atoms with Gasteiger partial charge in [0.2, 0.25) is 11.8 Å². The Morgan fingerprint density at radius 1 is 0.867 bits per heavy atom. The molecule has 2 aliphatic heterocycles. The maximum Gasteiger partial charge on any atom is 0.233 e. The van der Waals surface area contributed by atoms with Crippen LogP contribution in [0.3, 0.4) is 0 Å². The Morgan fingerprint density at radius 2 is 1.47 bits per heavy atom. The van der Waals surface area contributed by atoms with Crippen LogP contribution in [0.15, 0.2) is 29.2 Å². The molecule has 0 aromatic heterocycles. The van der Waals surface area contributed by atoms with Gasteiger partial charge < -0.3 is 4.90 Å². The molecule has 5 rings (SSSR count). The molecule has 2 saturated heterocycles. The van der Waals surface area contributed by atoms with Gasteiger partial charge in [-0.15, -0.1) is 11.8 Å². The van der Waals surface area contributed by atoms with Gasteiger partial charge in [-0.3, -0.25) is 14.5 Å². The van der Waals surface area contributed by atoms with E-state index in [2.05, 4.69) is 4.90 Å². The SMILES string of the molecule is O=C1[C@@H]2[C@H]3CC[C@H](C3)[C@@H]2C(=O)N1CCCCN1CCC(Sc2ccc(F)cc2)CC1. The van der Waals surface area contributed by atoms with E-state index in [1.165, 1.54) is 12.1 Å². The zero-order valence-corrected chi connectivity index (χ0v) is 18.3. The molecular weight excluding hydrogens is 399 g/mol. The van der Waals surface area contributed by atoms with E-state index in [1.807, 2.05) is 23.9 Å². The van der Waals surface area contributed by atoms with Crippen LogP contribution >= 0.6 is 11.8 Å². The molecule has 2 saturated carbocycles. The minimum Gasteiger partial charge on any atom is -0.303 e. The van der Waals surface area contributed by atoms with E-state index in [9.17, 15) is 14.0 Å². The lowest BCUT2D eigenvalue weighted by Gasteiger charge is -2.31. The van der Waals surface area contributed by atoms with Crippen LogP contribution in [0.2, 0.25) is 0 Å². The fourth-order valence-electron chi connectivity index (χ4n) is 6.25. The second-order valence-corrected chi connectivity index (χ2v) is 10.9. The van der Waals surface area contributed by atoms with Crippen LogP contribution in [0.1, 0.15) is 44.9 Å². The molecule has 4 fully saturated rings. The zero-order valence-electron chi connectivity index (χ0n) is 17.5. The van der Waals surface area contributed by atoms with Crippen molar-refractivity contribution in [3.63, 3.8) is 0 Å². The van der Waals surface area contributed by atoms with Crippen LogP contribution in [-0.2, 0) is 9.59 Å². The standard InChI is InChI=1S/C24H31FN2O2S/c25-18-5-7-19(8-6-18)30-20-9-13-26(14-10-20)11-1-2-12-27-23(28)21-16-3-4-17(15-16)22(21)24(27)29/h5-8,16-17,20-22H,1-4,9-15H2/t16-,17+,21+,22-. The number of piperidine rings is 1. The van der Waals surface area contributed by atoms with Gasteiger partial charge in [0.05, 0.1) is 11.8 Å². The molecule has 0 unspecified atom stereocenters. The second kappa shape index (κ2) is 8.62. The molecule has 162 valence electrons. The summed E-state index contributed by atoms with van der Waals surface area (Å²) in [6.07, 6.45) is 7.65. The predicted molar refractivity (Wildman–Crippen MR) is 115 cm³/mol. The Balaban J connectivity index is 1.01.